The maximum Gasteiger partial charge on any atom is 0.153 e. The summed E-state index contributed by atoms with van der Waals surface area (Å²) in [6, 6.07) is 5.91. The molecule has 1 aromatic carbocycles. The first-order valence-electron chi connectivity index (χ1n) is 6.33. The lowest BCUT2D eigenvalue weighted by atomic mass is 9.93. The maximum atomic E-state index is 5.98. The number of ether oxygens (including phenoxy) is 1. The lowest BCUT2D eigenvalue weighted by Crippen LogP contribution is -2.12. The first kappa shape index (κ1) is 14.1. The van der Waals surface area contributed by atoms with Gasteiger partial charge >= 0.3 is 0 Å². The van der Waals surface area contributed by atoms with Crippen LogP contribution in [0, 0.1) is 5.41 Å². The Labute approximate surface area is 122 Å². The van der Waals surface area contributed by atoms with Gasteiger partial charge in [0.2, 0.25) is 0 Å². The number of anilines is 1. The predicted molar refractivity (Wildman–Crippen MR) is 83.4 cm³/mol. The van der Waals surface area contributed by atoms with E-state index in [2.05, 4.69) is 41.7 Å². The summed E-state index contributed by atoms with van der Waals surface area (Å²) in [5.74, 6) is 0.732. The Morgan fingerprint density at radius 2 is 2.05 bits per heavy atom. The van der Waals surface area contributed by atoms with Gasteiger partial charge in [-0.3, -0.25) is 4.98 Å². The van der Waals surface area contributed by atoms with E-state index in [4.69, 9.17) is 10.5 Å². The van der Waals surface area contributed by atoms with Crippen LogP contribution < -0.4 is 10.5 Å². The van der Waals surface area contributed by atoms with Gasteiger partial charge in [-0.2, -0.15) is 0 Å². The highest BCUT2D eigenvalue weighted by Gasteiger charge is 2.13. The number of rotatable bonds is 3. The van der Waals surface area contributed by atoms with Crippen molar-refractivity contribution in [2.75, 3.05) is 12.3 Å². The fraction of sp³-hybridized carbons (Fsp3) is 0.400. The summed E-state index contributed by atoms with van der Waals surface area (Å²) in [5, 5.41) is 0.947. The smallest absolute Gasteiger partial charge is 0.153 e. The van der Waals surface area contributed by atoms with Crippen LogP contribution >= 0.6 is 15.9 Å². The Hall–Kier alpha value is -1.29. The van der Waals surface area contributed by atoms with E-state index in [-0.39, 0.29) is 5.41 Å². The van der Waals surface area contributed by atoms with Crippen molar-refractivity contribution in [1.29, 1.82) is 0 Å². The van der Waals surface area contributed by atoms with Crippen molar-refractivity contribution in [3.63, 3.8) is 0 Å². The molecule has 0 amide bonds. The molecular weight excluding hydrogens is 304 g/mol. The molecule has 0 saturated carbocycles. The van der Waals surface area contributed by atoms with Gasteiger partial charge in [-0.15, -0.1) is 0 Å². The van der Waals surface area contributed by atoms with E-state index in [1.54, 1.807) is 6.20 Å². The molecule has 0 aliphatic carbocycles. The predicted octanol–water partition coefficient (Wildman–Crippen LogP) is 4.39. The molecule has 0 aliphatic heterocycles. The molecule has 4 heteroatoms. The zero-order chi connectivity index (χ0) is 14.0. The van der Waals surface area contributed by atoms with Gasteiger partial charge in [0.1, 0.15) is 0 Å². The van der Waals surface area contributed by atoms with Crippen LogP contribution in [0.1, 0.15) is 27.2 Å². The van der Waals surface area contributed by atoms with E-state index in [9.17, 15) is 0 Å². The van der Waals surface area contributed by atoms with E-state index >= 15 is 0 Å². The normalized spacial score (nSPS) is 11.8. The van der Waals surface area contributed by atoms with Crippen LogP contribution in [-0.2, 0) is 0 Å². The zero-order valence-corrected chi connectivity index (χ0v) is 13.1. The molecule has 0 fully saturated rings. The first-order chi connectivity index (χ1) is 8.87. The minimum atomic E-state index is 0.248. The second-order valence-electron chi connectivity index (χ2n) is 5.86. The molecular formula is C15H19BrN2O. The molecule has 0 bridgehead atoms. The van der Waals surface area contributed by atoms with Crippen LogP contribution in [0.5, 0.6) is 5.75 Å². The third kappa shape index (κ3) is 3.60. The average molecular weight is 323 g/mol. The number of fused-ring (bicyclic) bond motifs is 1. The van der Waals surface area contributed by atoms with E-state index in [1.165, 1.54) is 0 Å². The fourth-order valence-electron chi connectivity index (χ4n) is 1.78. The molecule has 1 heterocycles. The van der Waals surface area contributed by atoms with Crippen LogP contribution in [0.25, 0.3) is 10.9 Å². The standard InChI is InChI=1S/C15H19BrN2O/c1-15(2,3)6-7-19-14-11-8-10(16)4-5-13(11)18-9-12(14)17/h4-5,8-9H,6-7,17H2,1-3H3. The SMILES string of the molecule is CC(C)(C)CCOc1c(N)cnc2ccc(Br)cc12. The van der Waals surface area contributed by atoms with Crippen molar-refractivity contribution in [3.05, 3.63) is 28.9 Å². The number of aromatic nitrogens is 1. The number of nitrogens with two attached hydrogens (primary N) is 1. The zero-order valence-electron chi connectivity index (χ0n) is 11.5. The molecule has 3 nitrogen and oxygen atoms in total. The highest BCUT2D eigenvalue weighted by Crippen LogP contribution is 2.32. The molecule has 0 aliphatic rings. The molecule has 1 aromatic heterocycles. The van der Waals surface area contributed by atoms with Crippen LogP contribution in [0.3, 0.4) is 0 Å². The molecule has 0 spiro atoms. The molecule has 0 unspecified atom stereocenters. The van der Waals surface area contributed by atoms with Crippen molar-refractivity contribution < 1.29 is 4.74 Å². The fourth-order valence-corrected chi connectivity index (χ4v) is 2.14. The molecule has 19 heavy (non-hydrogen) atoms. The van der Waals surface area contributed by atoms with Crippen LogP contribution in [0.15, 0.2) is 28.9 Å². The summed E-state index contributed by atoms with van der Waals surface area (Å²) >= 11 is 3.47. The van der Waals surface area contributed by atoms with Crippen LogP contribution in [0.2, 0.25) is 0 Å². The molecule has 0 atom stereocenters. The number of hydrogen-bond donors (Lipinski definition) is 1. The van der Waals surface area contributed by atoms with Crippen LogP contribution in [-0.4, -0.2) is 11.6 Å². The third-order valence-corrected chi connectivity index (χ3v) is 3.40. The summed E-state index contributed by atoms with van der Waals surface area (Å²) < 4.78 is 6.89. The van der Waals surface area contributed by atoms with Crippen molar-refractivity contribution in [2.45, 2.75) is 27.2 Å². The minimum absolute atomic E-state index is 0.248. The van der Waals surface area contributed by atoms with Gasteiger partial charge in [0.25, 0.3) is 0 Å². The Morgan fingerprint density at radius 1 is 1.32 bits per heavy atom. The highest BCUT2D eigenvalue weighted by atomic mass is 79.9. The Bertz CT molecular complexity index is 585. The summed E-state index contributed by atoms with van der Waals surface area (Å²) in [4.78, 5) is 4.31. The summed E-state index contributed by atoms with van der Waals surface area (Å²) in [6.45, 7) is 7.24. The molecule has 0 saturated heterocycles. The van der Waals surface area contributed by atoms with Gasteiger partial charge in [0, 0.05) is 9.86 Å². The Kier molecular flexibility index (Phi) is 3.99. The van der Waals surface area contributed by atoms with E-state index in [1.807, 2.05) is 18.2 Å². The van der Waals surface area contributed by atoms with Gasteiger partial charge in [0.15, 0.2) is 5.75 Å². The van der Waals surface area contributed by atoms with Gasteiger partial charge in [-0.1, -0.05) is 36.7 Å². The molecule has 0 radical (unpaired) electrons. The van der Waals surface area contributed by atoms with Crippen molar-refractivity contribution in [3.8, 4) is 5.75 Å². The molecule has 2 N–H and O–H groups in total. The largest absolute Gasteiger partial charge is 0.491 e. The van der Waals surface area contributed by atoms with E-state index < -0.39 is 0 Å². The van der Waals surface area contributed by atoms with Crippen molar-refractivity contribution in [1.82, 2.24) is 4.98 Å². The summed E-state index contributed by atoms with van der Waals surface area (Å²) in [6.07, 6.45) is 2.63. The Balaban J connectivity index is 2.30. The first-order valence-corrected chi connectivity index (χ1v) is 7.13. The van der Waals surface area contributed by atoms with Gasteiger partial charge in [0.05, 0.1) is 24.0 Å². The number of halogens is 1. The topological polar surface area (TPSA) is 48.1 Å². The van der Waals surface area contributed by atoms with Gasteiger partial charge < -0.3 is 10.5 Å². The second kappa shape index (κ2) is 5.37. The van der Waals surface area contributed by atoms with Crippen molar-refractivity contribution >= 4 is 32.5 Å². The highest BCUT2D eigenvalue weighted by molar-refractivity contribution is 9.10. The van der Waals surface area contributed by atoms with Crippen LogP contribution in [0.4, 0.5) is 5.69 Å². The monoisotopic (exact) mass is 322 g/mol. The lowest BCUT2D eigenvalue weighted by Gasteiger charge is -2.19. The Morgan fingerprint density at radius 3 is 2.74 bits per heavy atom. The minimum Gasteiger partial charge on any atom is -0.491 e. The number of nitrogen functional groups attached to an aromatic ring is 1. The molecule has 2 rings (SSSR count). The maximum absolute atomic E-state index is 5.98. The summed E-state index contributed by atoms with van der Waals surface area (Å²) in [7, 11) is 0. The van der Waals surface area contributed by atoms with E-state index in [0.717, 1.165) is 27.5 Å². The molecule has 102 valence electrons. The number of benzene rings is 1. The van der Waals surface area contributed by atoms with E-state index in [0.29, 0.717) is 12.3 Å². The lowest BCUT2D eigenvalue weighted by molar-refractivity contribution is 0.246. The van der Waals surface area contributed by atoms with Crippen molar-refractivity contribution in [2.24, 2.45) is 5.41 Å². The summed E-state index contributed by atoms with van der Waals surface area (Å²) in [5.41, 5.74) is 7.71. The molecule has 2 aromatic rings. The van der Waals surface area contributed by atoms with Gasteiger partial charge in [-0.25, -0.2) is 0 Å². The third-order valence-electron chi connectivity index (χ3n) is 2.91. The second-order valence-corrected chi connectivity index (χ2v) is 6.78. The number of pyridine rings is 1. The average Bonchev–Trinajstić information content (AvgIpc) is 2.30. The quantitative estimate of drug-likeness (QED) is 0.911. The van der Waals surface area contributed by atoms with Gasteiger partial charge in [-0.05, 0) is 30.0 Å². The number of hydrogen-bond acceptors (Lipinski definition) is 3. The number of nitrogens with zero attached hydrogens (tertiary/aromatic N) is 1.